The number of hydrogen-bond acceptors (Lipinski definition) is 3. The Morgan fingerprint density at radius 3 is 2.33 bits per heavy atom. The number of piperidine rings is 1. The number of carbonyl (C=O) groups excluding carboxylic acids is 1. The predicted octanol–water partition coefficient (Wildman–Crippen LogP) is 6.55. The Morgan fingerprint density at radius 2 is 1.56 bits per heavy atom. The van der Waals surface area contributed by atoms with Gasteiger partial charge >= 0.3 is 0 Å². The molecule has 0 bridgehead atoms. The Morgan fingerprint density at radius 1 is 0.872 bits per heavy atom. The molecule has 0 spiro atoms. The molecule has 2 fully saturated rings. The molecule has 1 N–H and O–H groups in total. The second-order valence-electron chi connectivity index (χ2n) is 10.7. The van der Waals surface area contributed by atoms with Crippen molar-refractivity contribution >= 4 is 16.7 Å². The Balaban J connectivity index is 1.24. The number of halogens is 1. The van der Waals surface area contributed by atoms with Gasteiger partial charge in [-0.3, -0.25) is 4.79 Å². The average Bonchev–Trinajstić information content (AvgIpc) is 3.41. The summed E-state index contributed by atoms with van der Waals surface area (Å²) in [5, 5.41) is 13.4. The molecule has 4 aromatic carbocycles. The van der Waals surface area contributed by atoms with Crippen molar-refractivity contribution in [2.45, 2.75) is 24.9 Å². The van der Waals surface area contributed by atoms with Gasteiger partial charge in [0.05, 0.1) is 6.10 Å². The topological polar surface area (TPSA) is 43.8 Å². The molecule has 198 valence electrons. The van der Waals surface area contributed by atoms with Crippen LogP contribution in [0.15, 0.2) is 109 Å². The van der Waals surface area contributed by atoms with E-state index in [0.717, 1.165) is 47.8 Å². The highest BCUT2D eigenvalue weighted by Crippen LogP contribution is 2.36. The number of fused-ring (bicyclic) bond motifs is 1. The van der Waals surface area contributed by atoms with Crippen molar-refractivity contribution in [3.63, 3.8) is 0 Å². The van der Waals surface area contributed by atoms with Crippen LogP contribution in [0.3, 0.4) is 0 Å². The molecule has 0 saturated carbocycles. The minimum absolute atomic E-state index is 0.00419. The first kappa shape index (κ1) is 25.3. The highest BCUT2D eigenvalue weighted by Gasteiger charge is 2.37. The van der Waals surface area contributed by atoms with Crippen LogP contribution in [0.5, 0.6) is 0 Å². The van der Waals surface area contributed by atoms with Crippen molar-refractivity contribution in [2.75, 3.05) is 26.2 Å². The number of carbonyl (C=O) groups is 1. The lowest BCUT2D eigenvalue weighted by molar-refractivity contribution is 0.0753. The van der Waals surface area contributed by atoms with Crippen LogP contribution in [0, 0.1) is 11.7 Å². The maximum atomic E-state index is 13.8. The van der Waals surface area contributed by atoms with E-state index in [9.17, 15) is 14.3 Å². The van der Waals surface area contributed by atoms with Crippen LogP contribution in [0.1, 0.15) is 46.3 Å². The smallest absolute Gasteiger partial charge is 0.254 e. The first-order valence-electron chi connectivity index (χ1n) is 13.8. The van der Waals surface area contributed by atoms with Crippen molar-refractivity contribution in [1.29, 1.82) is 0 Å². The zero-order valence-corrected chi connectivity index (χ0v) is 21.9. The highest BCUT2D eigenvalue weighted by molar-refractivity contribution is 6.07. The molecule has 0 aromatic heterocycles. The summed E-state index contributed by atoms with van der Waals surface area (Å²) in [6, 6.07) is 30.4. The van der Waals surface area contributed by atoms with Crippen molar-refractivity contribution < 1.29 is 14.3 Å². The quantitative estimate of drug-likeness (QED) is 0.325. The number of nitrogens with zero attached hydrogens (tertiary/aromatic N) is 2. The molecule has 1 amide bonds. The molecule has 1 unspecified atom stereocenters. The fourth-order valence-corrected chi connectivity index (χ4v) is 6.15. The second kappa shape index (κ2) is 11.0. The third-order valence-electron chi connectivity index (χ3n) is 8.32. The molecule has 6 rings (SSSR count). The minimum Gasteiger partial charge on any atom is -0.388 e. The van der Waals surface area contributed by atoms with E-state index in [1.165, 1.54) is 5.56 Å². The van der Waals surface area contributed by atoms with Crippen LogP contribution in [-0.4, -0.2) is 47.0 Å². The van der Waals surface area contributed by atoms with E-state index in [1.54, 1.807) is 12.1 Å². The summed E-state index contributed by atoms with van der Waals surface area (Å²) in [6.45, 7) is 2.73. The average molecular weight is 521 g/mol. The maximum Gasteiger partial charge on any atom is 0.254 e. The van der Waals surface area contributed by atoms with Crippen molar-refractivity contribution in [1.82, 2.24) is 9.80 Å². The summed E-state index contributed by atoms with van der Waals surface area (Å²) in [5.41, 5.74) is 3.83. The molecule has 2 atom stereocenters. The van der Waals surface area contributed by atoms with Crippen molar-refractivity contribution in [3.05, 3.63) is 131 Å². The Hall–Kier alpha value is -3.96. The number of rotatable bonds is 5. The van der Waals surface area contributed by atoms with E-state index in [-0.39, 0.29) is 17.6 Å². The molecule has 0 aliphatic carbocycles. The van der Waals surface area contributed by atoms with Crippen LogP contribution in [0.25, 0.3) is 10.8 Å². The van der Waals surface area contributed by atoms with Gasteiger partial charge in [-0.25, -0.2) is 4.39 Å². The molecule has 4 aromatic rings. The Labute approximate surface area is 229 Å². The largest absolute Gasteiger partial charge is 0.388 e. The van der Waals surface area contributed by atoms with Gasteiger partial charge in [0.1, 0.15) is 5.82 Å². The molecule has 2 saturated heterocycles. The van der Waals surface area contributed by atoms with Gasteiger partial charge in [-0.05, 0) is 64.4 Å². The molecule has 0 radical (unpaired) electrons. The van der Waals surface area contributed by atoms with E-state index in [2.05, 4.69) is 11.1 Å². The second-order valence-corrected chi connectivity index (χ2v) is 10.7. The van der Waals surface area contributed by atoms with Gasteiger partial charge in [0.15, 0.2) is 0 Å². The Bertz CT molecular complexity index is 1470. The van der Waals surface area contributed by atoms with Crippen molar-refractivity contribution in [3.8, 4) is 0 Å². The van der Waals surface area contributed by atoms with Crippen molar-refractivity contribution in [2.24, 2.45) is 5.92 Å². The standard InChI is InChI=1S/C34H33FN2O2/c35-29-15-13-24(14-16-29)25-17-19-36(20-18-25)21-28-22-37(23-32(28)33(38)27-8-2-1-3-9-27)34(39)31-12-6-10-26-7-4-5-11-30(26)31/h1-16,21,25,32-33,38H,17-20,22-23H2/b28-21+/t32?,33-/m1/s1. The van der Waals surface area contributed by atoms with Gasteiger partial charge < -0.3 is 14.9 Å². The molecule has 4 nitrogen and oxygen atoms in total. The van der Waals surface area contributed by atoms with Crippen LogP contribution in [-0.2, 0) is 0 Å². The fourth-order valence-electron chi connectivity index (χ4n) is 6.15. The lowest BCUT2D eigenvalue weighted by atomic mass is 9.89. The number of hydrogen-bond donors (Lipinski definition) is 1. The maximum absolute atomic E-state index is 13.8. The van der Waals surface area contributed by atoms with E-state index in [1.807, 2.05) is 89.8 Å². The van der Waals surface area contributed by atoms with Gasteiger partial charge in [0, 0.05) is 43.9 Å². The van der Waals surface area contributed by atoms with Gasteiger partial charge in [0.25, 0.3) is 5.91 Å². The first-order valence-corrected chi connectivity index (χ1v) is 13.8. The summed E-state index contributed by atoms with van der Waals surface area (Å²) in [7, 11) is 0. The summed E-state index contributed by atoms with van der Waals surface area (Å²) in [6.07, 6.45) is 3.47. The molecule has 2 heterocycles. The van der Waals surface area contributed by atoms with Gasteiger partial charge in [-0.15, -0.1) is 0 Å². The molecule has 2 aliphatic rings. The number of aliphatic hydroxyl groups excluding tert-OH is 1. The predicted molar refractivity (Wildman–Crippen MR) is 153 cm³/mol. The van der Waals surface area contributed by atoms with Crippen LogP contribution < -0.4 is 0 Å². The SMILES string of the molecule is O=C(c1cccc2ccccc12)N1C/C(=C\N2CCC(c3ccc(F)cc3)CC2)C([C@H](O)c2ccccc2)C1. The van der Waals surface area contributed by atoms with Gasteiger partial charge in [0.2, 0.25) is 0 Å². The molecular formula is C34H33FN2O2. The van der Waals surface area contributed by atoms with Crippen LogP contribution in [0.4, 0.5) is 4.39 Å². The summed E-state index contributed by atoms with van der Waals surface area (Å²) in [4.78, 5) is 18.0. The number of amides is 1. The Kier molecular flexibility index (Phi) is 7.16. The third-order valence-corrected chi connectivity index (χ3v) is 8.32. The zero-order chi connectivity index (χ0) is 26.8. The van der Waals surface area contributed by atoms with E-state index in [4.69, 9.17) is 0 Å². The number of likely N-dealkylation sites (tertiary alicyclic amines) is 2. The zero-order valence-electron chi connectivity index (χ0n) is 21.9. The van der Waals surface area contributed by atoms with Crippen LogP contribution >= 0.6 is 0 Å². The van der Waals surface area contributed by atoms with E-state index in [0.29, 0.717) is 24.6 Å². The molecule has 39 heavy (non-hydrogen) atoms. The third kappa shape index (κ3) is 5.32. The normalized spacial score (nSPS) is 20.1. The molecular weight excluding hydrogens is 487 g/mol. The minimum atomic E-state index is -0.695. The molecule has 5 heteroatoms. The van der Waals surface area contributed by atoms with Gasteiger partial charge in [-0.1, -0.05) is 78.9 Å². The summed E-state index contributed by atoms with van der Waals surface area (Å²) in [5.74, 6) is 0.0309. The molecule has 2 aliphatic heterocycles. The first-order chi connectivity index (χ1) is 19.1. The van der Waals surface area contributed by atoms with E-state index < -0.39 is 6.10 Å². The van der Waals surface area contributed by atoms with Gasteiger partial charge in [-0.2, -0.15) is 0 Å². The monoisotopic (exact) mass is 520 g/mol. The number of benzene rings is 4. The number of aliphatic hydroxyl groups is 1. The fraction of sp³-hybridized carbons (Fsp3) is 0.265. The summed E-state index contributed by atoms with van der Waals surface area (Å²) < 4.78 is 13.4. The summed E-state index contributed by atoms with van der Waals surface area (Å²) >= 11 is 0. The highest BCUT2D eigenvalue weighted by atomic mass is 19.1. The van der Waals surface area contributed by atoms with E-state index >= 15 is 0 Å². The van der Waals surface area contributed by atoms with Crippen LogP contribution in [0.2, 0.25) is 0 Å². The lowest BCUT2D eigenvalue weighted by Crippen LogP contribution is -2.30. The lowest BCUT2D eigenvalue weighted by Gasteiger charge is -2.32.